The molecule has 2 heterocycles. The number of aromatic nitrogens is 2. The van der Waals surface area contributed by atoms with Gasteiger partial charge in [-0.2, -0.15) is 0 Å². The summed E-state index contributed by atoms with van der Waals surface area (Å²) in [6.07, 6.45) is -0.0139. The maximum Gasteiger partial charge on any atom is 0.280 e. The third-order valence-corrected chi connectivity index (χ3v) is 6.04. The van der Waals surface area contributed by atoms with Gasteiger partial charge in [0, 0.05) is 11.4 Å². The number of pyridine rings is 2. The lowest BCUT2D eigenvalue weighted by Gasteiger charge is -2.16. The van der Waals surface area contributed by atoms with E-state index in [4.69, 9.17) is 5.73 Å². The van der Waals surface area contributed by atoms with Crippen molar-refractivity contribution in [2.75, 3.05) is 10.5 Å². The lowest BCUT2D eigenvalue weighted by Crippen LogP contribution is -2.28. The van der Waals surface area contributed by atoms with Crippen LogP contribution in [0.4, 0.5) is 11.4 Å². The van der Waals surface area contributed by atoms with Gasteiger partial charge in [-0.05, 0) is 49.9 Å². The highest BCUT2D eigenvalue weighted by Crippen LogP contribution is 2.21. The number of aryl methyl sites for hydroxylation is 2. The number of nitrogens with two attached hydrogens (primary N) is 1. The van der Waals surface area contributed by atoms with Crippen LogP contribution in [0, 0.1) is 13.8 Å². The lowest BCUT2D eigenvalue weighted by molar-refractivity contribution is -0.117. The van der Waals surface area contributed by atoms with Gasteiger partial charge in [-0.25, -0.2) is 18.4 Å². The minimum absolute atomic E-state index is 0.0139. The molecule has 32 heavy (non-hydrogen) atoms. The van der Waals surface area contributed by atoms with Crippen LogP contribution in [0.15, 0.2) is 58.3 Å². The van der Waals surface area contributed by atoms with Gasteiger partial charge in [0.05, 0.1) is 17.9 Å². The van der Waals surface area contributed by atoms with Gasteiger partial charge in [0.15, 0.2) is 5.82 Å². The van der Waals surface area contributed by atoms with Crippen molar-refractivity contribution in [2.45, 2.75) is 26.0 Å². The molecule has 0 aliphatic carbocycles. The molecule has 0 bridgehead atoms. The first-order valence-electron chi connectivity index (χ1n) is 9.64. The smallest absolute Gasteiger partial charge is 0.280 e. The molecule has 2 aromatic heterocycles. The molecular formula is C22H23N5O4S. The van der Waals surface area contributed by atoms with Crippen molar-refractivity contribution < 1.29 is 13.2 Å². The SMILES string of the molecule is C=NC(=O)Cc1cc(N)c(-n2c(C)ccc(NS(=O)(=O)Cc3ccccc3)c2=O)nc1C. The predicted octanol–water partition coefficient (Wildman–Crippen LogP) is 2.14. The minimum atomic E-state index is -3.83. The van der Waals surface area contributed by atoms with E-state index in [0.717, 1.165) is 0 Å². The largest absolute Gasteiger partial charge is 0.396 e. The average molecular weight is 454 g/mol. The minimum Gasteiger partial charge on any atom is -0.396 e. The van der Waals surface area contributed by atoms with Crippen LogP contribution in [0.25, 0.3) is 5.82 Å². The van der Waals surface area contributed by atoms with Crippen LogP contribution in [-0.2, 0) is 27.0 Å². The molecule has 0 spiro atoms. The maximum atomic E-state index is 13.2. The zero-order valence-corrected chi connectivity index (χ0v) is 18.5. The molecule has 0 saturated heterocycles. The second-order valence-electron chi connectivity index (χ2n) is 7.25. The van der Waals surface area contributed by atoms with Crippen LogP contribution in [0.5, 0.6) is 0 Å². The molecule has 0 aliphatic heterocycles. The van der Waals surface area contributed by atoms with E-state index in [1.807, 2.05) is 0 Å². The first-order chi connectivity index (χ1) is 15.1. The van der Waals surface area contributed by atoms with E-state index in [2.05, 4.69) is 21.4 Å². The normalized spacial score (nSPS) is 11.2. The molecule has 0 unspecified atom stereocenters. The number of anilines is 2. The Hall–Kier alpha value is -3.79. The lowest BCUT2D eigenvalue weighted by atomic mass is 10.1. The Labute approximate surface area is 185 Å². The molecule has 1 aromatic carbocycles. The van der Waals surface area contributed by atoms with Gasteiger partial charge < -0.3 is 5.73 Å². The van der Waals surface area contributed by atoms with Gasteiger partial charge >= 0.3 is 0 Å². The topological polar surface area (TPSA) is 137 Å². The van der Waals surface area contributed by atoms with Crippen LogP contribution in [0.2, 0.25) is 0 Å². The summed E-state index contributed by atoms with van der Waals surface area (Å²) in [5.41, 5.74) is 7.72. The Bertz CT molecular complexity index is 1350. The highest BCUT2D eigenvalue weighted by atomic mass is 32.2. The first kappa shape index (κ1) is 22.9. The van der Waals surface area contributed by atoms with E-state index in [0.29, 0.717) is 22.5 Å². The number of nitrogens with zero attached hydrogens (tertiary/aromatic N) is 3. The summed E-state index contributed by atoms with van der Waals surface area (Å²) < 4.78 is 28.8. The first-order valence-corrected chi connectivity index (χ1v) is 11.3. The van der Waals surface area contributed by atoms with Crippen LogP contribution >= 0.6 is 0 Å². The molecule has 0 radical (unpaired) electrons. The van der Waals surface area contributed by atoms with Gasteiger partial charge in [-0.15, -0.1) is 0 Å². The van der Waals surface area contributed by atoms with Gasteiger partial charge in [0.25, 0.3) is 5.56 Å². The number of nitrogens with one attached hydrogen (secondary N) is 1. The van der Waals surface area contributed by atoms with Gasteiger partial charge in [-0.1, -0.05) is 30.3 Å². The van der Waals surface area contributed by atoms with E-state index in [9.17, 15) is 18.0 Å². The van der Waals surface area contributed by atoms with Crippen molar-refractivity contribution in [2.24, 2.45) is 4.99 Å². The summed E-state index contributed by atoms with van der Waals surface area (Å²) in [4.78, 5) is 32.5. The quantitative estimate of drug-likeness (QED) is 0.526. The number of rotatable bonds is 7. The number of aliphatic imine (C=N–C) groups is 1. The van der Waals surface area contributed by atoms with E-state index < -0.39 is 21.5 Å². The van der Waals surface area contributed by atoms with Gasteiger partial charge in [-0.3, -0.25) is 18.9 Å². The van der Waals surface area contributed by atoms with Crippen molar-refractivity contribution in [3.63, 3.8) is 0 Å². The van der Waals surface area contributed by atoms with Crippen molar-refractivity contribution in [3.05, 3.63) is 81.4 Å². The number of carbonyl (C=O) groups is 1. The zero-order valence-electron chi connectivity index (χ0n) is 17.7. The Morgan fingerprint density at radius 1 is 1.19 bits per heavy atom. The Balaban J connectivity index is 2.00. The molecular weight excluding hydrogens is 430 g/mol. The summed E-state index contributed by atoms with van der Waals surface area (Å²) in [6.45, 7) is 6.57. The summed E-state index contributed by atoms with van der Waals surface area (Å²) in [6, 6.07) is 13.2. The second-order valence-corrected chi connectivity index (χ2v) is 8.97. The molecule has 3 N–H and O–H groups in total. The van der Waals surface area contributed by atoms with Gasteiger partial charge in [0.2, 0.25) is 15.9 Å². The maximum absolute atomic E-state index is 13.2. The number of hydrogen-bond acceptors (Lipinski definition) is 6. The predicted molar refractivity (Wildman–Crippen MR) is 125 cm³/mol. The van der Waals surface area contributed by atoms with E-state index in [1.54, 1.807) is 56.3 Å². The van der Waals surface area contributed by atoms with E-state index >= 15 is 0 Å². The standard InChI is InChI=1S/C22H23N5O4S/c1-14-9-10-19(26-32(30,31)13-16-7-5-4-6-8-16)22(29)27(14)21-18(23)11-17(15(2)25-21)12-20(28)24-3/h4-11,26H,3,12-13,23H2,1-2H3. The van der Waals surface area contributed by atoms with E-state index in [-0.39, 0.29) is 29.4 Å². The Morgan fingerprint density at radius 3 is 2.53 bits per heavy atom. The number of sulfonamides is 1. The second kappa shape index (κ2) is 9.15. The molecule has 0 aliphatic rings. The summed E-state index contributed by atoms with van der Waals surface area (Å²) in [5, 5.41) is 0. The molecule has 3 aromatic rings. The fraction of sp³-hybridized carbons (Fsp3) is 0.182. The van der Waals surface area contributed by atoms with Crippen molar-refractivity contribution in [3.8, 4) is 5.82 Å². The number of amides is 1. The Kier molecular flexibility index (Phi) is 6.54. The fourth-order valence-corrected chi connectivity index (χ4v) is 4.39. The highest BCUT2D eigenvalue weighted by Gasteiger charge is 2.19. The van der Waals surface area contributed by atoms with Crippen LogP contribution in [-0.4, -0.2) is 30.6 Å². The number of carbonyl (C=O) groups excluding carboxylic acids is 1. The zero-order chi connectivity index (χ0) is 23.5. The number of hydrogen-bond donors (Lipinski definition) is 2. The van der Waals surface area contributed by atoms with E-state index in [1.165, 1.54) is 10.6 Å². The van der Waals surface area contributed by atoms with Crippen LogP contribution in [0.3, 0.4) is 0 Å². The molecule has 1 amide bonds. The van der Waals surface area contributed by atoms with Crippen LogP contribution in [0.1, 0.15) is 22.5 Å². The third-order valence-electron chi connectivity index (χ3n) is 4.80. The monoisotopic (exact) mass is 453 g/mol. The van der Waals surface area contributed by atoms with Crippen molar-refractivity contribution in [1.29, 1.82) is 0 Å². The van der Waals surface area contributed by atoms with Crippen molar-refractivity contribution in [1.82, 2.24) is 9.55 Å². The number of nitrogen functional groups attached to an aromatic ring is 1. The summed E-state index contributed by atoms with van der Waals surface area (Å²) >= 11 is 0. The molecule has 166 valence electrons. The van der Waals surface area contributed by atoms with Crippen LogP contribution < -0.4 is 16.0 Å². The highest BCUT2D eigenvalue weighted by molar-refractivity contribution is 7.91. The summed E-state index contributed by atoms with van der Waals surface area (Å²) in [5.74, 6) is -0.553. The molecule has 0 atom stereocenters. The molecule has 3 rings (SSSR count). The molecule has 0 saturated carbocycles. The fourth-order valence-electron chi connectivity index (χ4n) is 3.20. The van der Waals surface area contributed by atoms with Crippen molar-refractivity contribution >= 4 is 34.0 Å². The summed E-state index contributed by atoms with van der Waals surface area (Å²) in [7, 11) is -3.83. The Morgan fingerprint density at radius 2 is 1.88 bits per heavy atom. The number of benzene rings is 1. The molecule has 10 heteroatoms. The van der Waals surface area contributed by atoms with Gasteiger partial charge in [0.1, 0.15) is 5.69 Å². The average Bonchev–Trinajstić information content (AvgIpc) is 2.73. The third kappa shape index (κ3) is 5.09. The molecule has 0 fully saturated rings. The molecule has 9 nitrogen and oxygen atoms in total.